The minimum absolute atomic E-state index is 0. The molecule has 0 aliphatic carbocycles. The van der Waals surface area contributed by atoms with E-state index in [4.69, 9.17) is 0 Å². The second-order valence-electron chi connectivity index (χ2n) is 11.3. The van der Waals surface area contributed by atoms with E-state index in [1.54, 1.807) is 4.57 Å². The molecule has 1 aromatic heterocycles. The first-order chi connectivity index (χ1) is 18.6. The number of para-hydroxylation sites is 3. The summed E-state index contributed by atoms with van der Waals surface area (Å²) in [6, 6.07) is 20.9. The smallest absolute Gasteiger partial charge is 0.418 e. The van der Waals surface area contributed by atoms with Crippen LogP contribution in [0.3, 0.4) is 0 Å². The standard InChI is InChI=1S/C32H38N2O.Ag.BF4/c1-20(2)24-14-11-15-25(21(3)4)30(24)33-19-34(32(35)28-13-9-10-18-29(28)33)31-26(22(5)6)16-12-17-27(31)23(7)8;;2-1(3,4)5/h9-18,20-23H,1-8H3;;/q;+1;-1. The molecule has 0 radical (unpaired) electrons. The van der Waals surface area contributed by atoms with Crippen molar-refractivity contribution in [3.05, 3.63) is 99.6 Å². The van der Waals surface area contributed by atoms with Gasteiger partial charge in [-0.15, -0.1) is 0 Å². The van der Waals surface area contributed by atoms with Crippen molar-refractivity contribution < 1.29 is 44.2 Å². The number of hydrogen-bond donors (Lipinski definition) is 0. The molecule has 0 amide bonds. The molecule has 4 aromatic rings. The zero-order valence-electron chi connectivity index (χ0n) is 24.8. The Balaban J connectivity index is 0.000000902. The fourth-order valence-corrected chi connectivity index (χ4v) is 5.03. The number of benzene rings is 3. The van der Waals surface area contributed by atoms with Gasteiger partial charge in [-0.1, -0.05) is 110 Å². The fourth-order valence-electron chi connectivity index (χ4n) is 5.03. The number of fused-ring (bicyclic) bond motifs is 1. The van der Waals surface area contributed by atoms with Gasteiger partial charge in [0.05, 0.1) is 16.9 Å². The van der Waals surface area contributed by atoms with Crippen LogP contribution in [0.15, 0.2) is 65.5 Å². The summed E-state index contributed by atoms with van der Waals surface area (Å²) in [6.07, 6.45) is 3.59. The molecule has 0 unspecified atom stereocenters. The molecule has 3 aromatic carbocycles. The van der Waals surface area contributed by atoms with Crippen molar-refractivity contribution in [3.8, 4) is 11.4 Å². The molecule has 0 N–H and O–H groups in total. The zero-order valence-corrected chi connectivity index (χ0v) is 26.3. The van der Waals surface area contributed by atoms with E-state index in [2.05, 4.69) is 103 Å². The van der Waals surface area contributed by atoms with Crippen LogP contribution < -0.4 is 10.1 Å². The Morgan fingerprint density at radius 2 is 1.05 bits per heavy atom. The van der Waals surface area contributed by atoms with Crippen LogP contribution in [0.5, 0.6) is 0 Å². The first-order valence-electron chi connectivity index (χ1n) is 13.8. The molecule has 0 aliphatic rings. The van der Waals surface area contributed by atoms with Gasteiger partial charge < -0.3 is 17.3 Å². The van der Waals surface area contributed by atoms with Crippen LogP contribution in [0.25, 0.3) is 22.3 Å². The van der Waals surface area contributed by atoms with Gasteiger partial charge in [-0.3, -0.25) is 13.9 Å². The van der Waals surface area contributed by atoms with E-state index in [1.165, 1.54) is 11.1 Å². The third kappa shape index (κ3) is 8.00. The molecule has 9 heteroatoms. The molecule has 0 bridgehead atoms. The Morgan fingerprint density at radius 3 is 1.46 bits per heavy atom. The van der Waals surface area contributed by atoms with Crippen molar-refractivity contribution in [2.24, 2.45) is 0 Å². The van der Waals surface area contributed by atoms with E-state index in [1.807, 2.05) is 24.3 Å². The van der Waals surface area contributed by atoms with E-state index in [-0.39, 0.29) is 39.8 Å². The number of aromatic nitrogens is 2. The van der Waals surface area contributed by atoms with Crippen molar-refractivity contribution in [2.45, 2.75) is 79.1 Å². The minimum atomic E-state index is -6.00. The summed E-state index contributed by atoms with van der Waals surface area (Å²) in [6.45, 7) is 17.7. The quantitative estimate of drug-likeness (QED) is 0.0878. The summed E-state index contributed by atoms with van der Waals surface area (Å²) in [5, 5.41) is 0.702. The summed E-state index contributed by atoms with van der Waals surface area (Å²) in [5.41, 5.74) is 7.81. The van der Waals surface area contributed by atoms with Crippen LogP contribution in [0.4, 0.5) is 17.3 Å². The summed E-state index contributed by atoms with van der Waals surface area (Å²) in [7, 11) is -6.00. The molecule has 41 heavy (non-hydrogen) atoms. The maximum Gasteiger partial charge on any atom is 1.00 e. The molecule has 1 heterocycles. The van der Waals surface area contributed by atoms with Crippen LogP contribution >= 0.6 is 0 Å². The molecular formula is C32H38AgBF4N2O. The van der Waals surface area contributed by atoms with Gasteiger partial charge in [0.15, 0.2) is 0 Å². The Kier molecular flexibility index (Phi) is 11.8. The van der Waals surface area contributed by atoms with Gasteiger partial charge in [-0.25, -0.2) is 0 Å². The number of hydrogen-bond acceptors (Lipinski definition) is 1. The summed E-state index contributed by atoms with van der Waals surface area (Å²) in [5.74, 6) is 1.21. The largest absolute Gasteiger partial charge is 1.00 e. The molecule has 3 nitrogen and oxygen atoms in total. The van der Waals surface area contributed by atoms with Gasteiger partial charge in [0, 0.05) is 5.39 Å². The first kappa shape index (κ1) is 34.5. The van der Waals surface area contributed by atoms with Crippen LogP contribution in [0.1, 0.15) is 101 Å². The summed E-state index contributed by atoms with van der Waals surface area (Å²) < 4.78 is 42.9. The molecule has 224 valence electrons. The maximum atomic E-state index is 14.0. The predicted molar refractivity (Wildman–Crippen MR) is 156 cm³/mol. The summed E-state index contributed by atoms with van der Waals surface area (Å²) in [4.78, 5) is 14.0. The van der Waals surface area contributed by atoms with Crippen LogP contribution in [-0.4, -0.2) is 11.8 Å². The van der Waals surface area contributed by atoms with Gasteiger partial charge in [0.1, 0.15) is 0 Å². The molecule has 0 atom stereocenters. The van der Waals surface area contributed by atoms with Crippen molar-refractivity contribution in [3.63, 3.8) is 0 Å². The maximum absolute atomic E-state index is 14.0. The normalized spacial score (nSPS) is 11.7. The van der Waals surface area contributed by atoms with Crippen molar-refractivity contribution >= 4 is 18.2 Å². The van der Waals surface area contributed by atoms with Crippen LogP contribution in [-0.2, 0) is 22.4 Å². The minimum Gasteiger partial charge on any atom is -0.418 e. The topological polar surface area (TPSA) is 25.9 Å². The average Bonchev–Trinajstić information content (AvgIpc) is 2.87. The third-order valence-electron chi connectivity index (χ3n) is 6.91. The average molecular weight is 661 g/mol. The summed E-state index contributed by atoms with van der Waals surface area (Å²) >= 11 is 0. The predicted octanol–water partition coefficient (Wildman–Crippen LogP) is 8.86. The first-order valence-corrected chi connectivity index (χ1v) is 13.8. The van der Waals surface area contributed by atoms with E-state index in [9.17, 15) is 22.1 Å². The van der Waals surface area contributed by atoms with Crippen LogP contribution in [0.2, 0.25) is 0 Å². The third-order valence-corrected chi connectivity index (χ3v) is 6.91. The molecule has 0 spiro atoms. The second kappa shape index (κ2) is 14.0. The number of halogens is 4. The van der Waals surface area contributed by atoms with Crippen LogP contribution in [0, 0.1) is 6.33 Å². The Bertz CT molecular complexity index is 1490. The Labute approximate surface area is 256 Å². The number of nitrogens with zero attached hydrogens (tertiary/aromatic N) is 2. The van der Waals surface area contributed by atoms with Crippen molar-refractivity contribution in [2.75, 3.05) is 0 Å². The van der Waals surface area contributed by atoms with Gasteiger partial charge in [-0.2, -0.15) is 0 Å². The van der Waals surface area contributed by atoms with Crippen molar-refractivity contribution in [1.82, 2.24) is 4.57 Å². The molecule has 0 fully saturated rings. The molecule has 4 rings (SSSR count). The van der Waals surface area contributed by atoms with Gasteiger partial charge in [0.2, 0.25) is 0 Å². The monoisotopic (exact) mass is 660 g/mol. The second-order valence-corrected chi connectivity index (χ2v) is 11.3. The van der Waals surface area contributed by atoms with Gasteiger partial charge >= 0.3 is 29.6 Å². The number of rotatable bonds is 6. The Hall–Kier alpha value is -2.67. The van der Waals surface area contributed by atoms with E-state index in [0.29, 0.717) is 17.2 Å². The fraction of sp³-hybridized carbons (Fsp3) is 0.375. The Morgan fingerprint density at radius 1 is 0.659 bits per heavy atom. The molecule has 0 saturated carbocycles. The van der Waals surface area contributed by atoms with E-state index < -0.39 is 7.25 Å². The molecule has 0 aliphatic heterocycles. The van der Waals surface area contributed by atoms with Crippen molar-refractivity contribution in [1.29, 1.82) is 0 Å². The van der Waals surface area contributed by atoms with E-state index in [0.717, 1.165) is 28.0 Å². The van der Waals surface area contributed by atoms with Gasteiger partial charge in [-0.05, 0) is 52.0 Å². The zero-order chi connectivity index (χ0) is 29.9. The van der Waals surface area contributed by atoms with Gasteiger partial charge in [0.25, 0.3) is 11.9 Å². The molecule has 0 saturated heterocycles. The van der Waals surface area contributed by atoms with E-state index >= 15 is 0 Å². The SMILES string of the molecule is CC(C)c1cccc(C(C)C)c1-n1[c-][n+](-c2c(C(C)C)cccc2C(C)C)c2ccccc2c1=O.F[B-](F)(F)F.[Ag+]. The molecular weight excluding hydrogens is 623 g/mol.